The first-order valence-corrected chi connectivity index (χ1v) is 18.7. The van der Waals surface area contributed by atoms with Crippen molar-refractivity contribution in [2.75, 3.05) is 6.54 Å². The van der Waals surface area contributed by atoms with Crippen molar-refractivity contribution in [1.82, 2.24) is 50.5 Å². The molecule has 1 aliphatic carbocycles. The SMILES string of the molecule is C1=CCC=C1.C1=CCN=C1.CC.CC.CC.CC.CC.CC.CC.c1ccncc1.c1ccnnc1.c1cn[nH]n1.c1cnccn1.c1cncnc1. The number of nitrogens with zero attached hydrogens (tertiary/aromatic N) is 10. The number of hydrogen-bond donors (Lipinski definition) is 1. The fourth-order valence-corrected chi connectivity index (χ4v) is 1.94. The van der Waals surface area contributed by atoms with E-state index in [4.69, 9.17) is 0 Å². The van der Waals surface area contributed by atoms with Crippen LogP contribution in [0.5, 0.6) is 0 Å². The number of rotatable bonds is 0. The Kier molecular flexibility index (Phi) is 101. The van der Waals surface area contributed by atoms with Gasteiger partial charge in [0.2, 0.25) is 0 Å². The van der Waals surface area contributed by atoms with Crippen LogP contribution in [0, 0.1) is 0 Å². The highest BCUT2D eigenvalue weighted by Gasteiger charge is 1.73. The molecule has 0 amide bonds. The summed E-state index contributed by atoms with van der Waals surface area (Å²) in [6, 6.07) is 11.1. The summed E-state index contributed by atoms with van der Waals surface area (Å²) in [5.74, 6) is 0. The van der Waals surface area contributed by atoms with E-state index in [9.17, 15) is 0 Å². The molecule has 0 bridgehead atoms. The molecule has 7 rings (SSSR count). The zero-order valence-electron chi connectivity index (χ0n) is 35.4. The lowest BCUT2D eigenvalue weighted by molar-refractivity contribution is 0.940. The van der Waals surface area contributed by atoms with E-state index in [2.05, 4.69) is 79.8 Å². The van der Waals surface area contributed by atoms with Gasteiger partial charge in [-0.15, -0.1) is 0 Å². The normalized spacial score (nSPS) is 8.49. The predicted octanol–water partition coefficient (Wildman–Crippen LogP) is 11.6. The molecule has 0 aromatic carbocycles. The first-order chi connectivity index (χ1) is 26.5. The molecule has 0 unspecified atom stereocenters. The maximum absolute atomic E-state index is 3.85. The Morgan fingerprint density at radius 3 is 0.887 bits per heavy atom. The average Bonchev–Trinajstić information content (AvgIpc) is 4.18. The van der Waals surface area contributed by atoms with Crippen LogP contribution >= 0.6 is 0 Å². The highest BCUT2D eigenvalue weighted by Crippen LogP contribution is 1.93. The van der Waals surface area contributed by atoms with Crippen molar-refractivity contribution in [2.45, 2.75) is 103 Å². The van der Waals surface area contributed by atoms with E-state index in [1.807, 2.05) is 139 Å². The van der Waals surface area contributed by atoms with Crippen molar-refractivity contribution in [3.05, 3.63) is 154 Å². The monoisotopic (exact) mass is 732 g/mol. The minimum absolute atomic E-state index is 0.889. The summed E-state index contributed by atoms with van der Waals surface area (Å²) in [6.45, 7) is 28.9. The third kappa shape index (κ3) is 82.0. The van der Waals surface area contributed by atoms with E-state index >= 15 is 0 Å². The van der Waals surface area contributed by atoms with Crippen molar-refractivity contribution in [3.8, 4) is 0 Å². The van der Waals surface area contributed by atoms with Crippen molar-refractivity contribution in [3.63, 3.8) is 0 Å². The molecule has 53 heavy (non-hydrogen) atoms. The number of aliphatic imine (C=N–C) groups is 1. The molecule has 296 valence electrons. The van der Waals surface area contributed by atoms with Gasteiger partial charge in [0, 0.05) is 68.2 Å². The van der Waals surface area contributed by atoms with Crippen molar-refractivity contribution in [1.29, 1.82) is 0 Å². The molecule has 0 fully saturated rings. The van der Waals surface area contributed by atoms with E-state index in [-0.39, 0.29) is 0 Å². The minimum Gasteiger partial charge on any atom is -0.289 e. The molecule has 5 aromatic rings. The highest BCUT2D eigenvalue weighted by atomic mass is 15.3. The van der Waals surface area contributed by atoms with Crippen LogP contribution in [-0.4, -0.2) is 63.3 Å². The Bertz CT molecular complexity index is 899. The average molecular weight is 732 g/mol. The lowest BCUT2D eigenvalue weighted by Crippen LogP contribution is -1.69. The van der Waals surface area contributed by atoms with Crippen molar-refractivity contribution < 1.29 is 0 Å². The fraction of sp³-hybridized carbons (Fsp3) is 0.381. The predicted molar refractivity (Wildman–Crippen MR) is 232 cm³/mol. The molecule has 1 N–H and O–H groups in total. The van der Waals surface area contributed by atoms with Crippen molar-refractivity contribution >= 4 is 6.21 Å². The zero-order valence-corrected chi connectivity index (χ0v) is 35.4. The quantitative estimate of drug-likeness (QED) is 0.164. The molecule has 6 heterocycles. The Balaban J connectivity index is -0.0000000884. The summed E-state index contributed by atoms with van der Waals surface area (Å²) in [5.41, 5.74) is 0. The number of H-pyrrole nitrogens is 1. The Labute approximate surface area is 324 Å². The molecule has 0 radical (unpaired) electrons. The molecule has 1 aliphatic heterocycles. The summed E-state index contributed by atoms with van der Waals surface area (Å²) in [7, 11) is 0. The summed E-state index contributed by atoms with van der Waals surface area (Å²) in [6.07, 6.45) is 36.6. The molecule has 0 spiro atoms. The molecule has 2 aliphatic rings. The fourth-order valence-electron chi connectivity index (χ4n) is 1.94. The number of aromatic amines is 1. The van der Waals surface area contributed by atoms with Crippen LogP contribution in [0.2, 0.25) is 0 Å². The lowest BCUT2D eigenvalue weighted by atomic mass is 10.5. The molecule has 0 saturated heterocycles. The molecule has 11 nitrogen and oxygen atoms in total. The standard InChI is InChI=1S/C5H5N.C5H6.3C4H4N2.C4H5N.C2H3N3.7C2H6/c1-2-4-6-5-3-1;1-2-4-5-3-1;1-2-6-4-3-5-1;1-2-5-4-6-3-1;1-2-4-6-5-3-1;2*1-2-4-5-3-1;7*1-2/h1-5H;1-4H,5H2;3*1-4H;1-3H,4H2;1-2H,(H,3,4,5);7*1-2H3. The lowest BCUT2D eigenvalue weighted by Gasteiger charge is -1.70. The van der Waals surface area contributed by atoms with Crippen LogP contribution in [0.1, 0.15) is 103 Å². The topological polar surface area (TPSA) is 144 Å². The van der Waals surface area contributed by atoms with Gasteiger partial charge in [0.25, 0.3) is 0 Å². The Morgan fingerprint density at radius 1 is 0.358 bits per heavy atom. The molecular weight excluding hydrogens is 659 g/mol. The molecule has 0 atom stereocenters. The summed E-state index contributed by atoms with van der Waals surface area (Å²) in [4.78, 5) is 22.4. The maximum Gasteiger partial charge on any atom is 0.115 e. The molecule has 5 aromatic heterocycles. The van der Waals surface area contributed by atoms with Gasteiger partial charge in [-0.1, -0.05) is 133 Å². The van der Waals surface area contributed by atoms with Crippen LogP contribution < -0.4 is 0 Å². The van der Waals surface area contributed by atoms with E-state index in [0.29, 0.717) is 0 Å². The van der Waals surface area contributed by atoms with Gasteiger partial charge in [-0.3, -0.25) is 19.9 Å². The maximum atomic E-state index is 3.85. The number of allylic oxidation sites excluding steroid dienone is 5. The van der Waals surface area contributed by atoms with E-state index in [0.717, 1.165) is 13.0 Å². The first-order valence-electron chi connectivity index (χ1n) is 18.7. The van der Waals surface area contributed by atoms with Gasteiger partial charge < -0.3 is 0 Å². The number of nitrogens with one attached hydrogen (secondary N) is 1. The van der Waals surface area contributed by atoms with Gasteiger partial charge in [0.05, 0.1) is 18.9 Å². The van der Waals surface area contributed by atoms with Crippen LogP contribution in [0.15, 0.2) is 159 Å². The number of aromatic nitrogens is 10. The van der Waals surface area contributed by atoms with Crippen LogP contribution in [0.3, 0.4) is 0 Å². The second-order valence-corrected chi connectivity index (χ2v) is 6.43. The van der Waals surface area contributed by atoms with Crippen LogP contribution in [-0.2, 0) is 0 Å². The second-order valence-electron chi connectivity index (χ2n) is 6.43. The number of hydrogen-bond acceptors (Lipinski definition) is 10. The third-order valence-corrected chi connectivity index (χ3v) is 3.53. The van der Waals surface area contributed by atoms with E-state index < -0.39 is 0 Å². The van der Waals surface area contributed by atoms with Crippen LogP contribution in [0.4, 0.5) is 0 Å². The summed E-state index contributed by atoms with van der Waals surface area (Å²) in [5, 5.41) is 16.4. The van der Waals surface area contributed by atoms with Gasteiger partial charge >= 0.3 is 0 Å². The van der Waals surface area contributed by atoms with Gasteiger partial charge in [-0.2, -0.15) is 25.6 Å². The molecular formula is C42H73N11. The van der Waals surface area contributed by atoms with E-state index in [1.54, 1.807) is 86.6 Å². The summed E-state index contributed by atoms with van der Waals surface area (Å²) >= 11 is 0. The zero-order chi connectivity index (χ0) is 41.6. The van der Waals surface area contributed by atoms with Gasteiger partial charge in [-0.25, -0.2) is 9.97 Å². The molecule has 11 heteroatoms. The Hall–Kier alpha value is -5.58. The van der Waals surface area contributed by atoms with Gasteiger partial charge in [0.1, 0.15) is 6.33 Å². The first kappa shape index (κ1) is 62.5. The Morgan fingerprint density at radius 2 is 0.755 bits per heavy atom. The highest BCUT2D eigenvalue weighted by molar-refractivity contribution is 5.73. The van der Waals surface area contributed by atoms with Crippen molar-refractivity contribution in [2.24, 2.45) is 4.99 Å². The smallest absolute Gasteiger partial charge is 0.115 e. The van der Waals surface area contributed by atoms with Crippen LogP contribution in [0.25, 0.3) is 0 Å². The number of pyridine rings is 1. The minimum atomic E-state index is 0.889. The second kappa shape index (κ2) is 85.7. The largest absolute Gasteiger partial charge is 0.289 e. The third-order valence-electron chi connectivity index (χ3n) is 3.53. The molecule has 0 saturated carbocycles. The van der Waals surface area contributed by atoms with Gasteiger partial charge in [-0.05, 0) is 42.8 Å². The van der Waals surface area contributed by atoms with E-state index in [1.165, 1.54) is 6.33 Å². The van der Waals surface area contributed by atoms with Gasteiger partial charge in [0.15, 0.2) is 0 Å². The summed E-state index contributed by atoms with van der Waals surface area (Å²) < 4.78 is 0.